The zero-order valence-corrected chi connectivity index (χ0v) is 24.4. The normalized spacial score (nSPS) is 27.8. The number of anilines is 1. The number of primary amides is 1. The molecule has 2 aromatic rings. The van der Waals surface area contributed by atoms with E-state index in [4.69, 9.17) is 15.2 Å². The van der Waals surface area contributed by atoms with Gasteiger partial charge >= 0.3 is 6.09 Å². The number of Topliss-reactive ketones (excluding diaryl/α,β-unsaturated/α-hetero) is 2. The van der Waals surface area contributed by atoms with Crippen molar-refractivity contribution in [3.63, 3.8) is 0 Å². The molecule has 0 aromatic heterocycles. The number of hydrogen-bond donors (Lipinski definition) is 6. The zero-order valence-electron chi connectivity index (χ0n) is 24.4. The summed E-state index contributed by atoms with van der Waals surface area (Å²) in [5.74, 6) is -7.95. The summed E-state index contributed by atoms with van der Waals surface area (Å²) in [5.41, 5.74) is 4.81. The Morgan fingerprint density at radius 2 is 1.77 bits per heavy atom. The molecule has 44 heavy (non-hydrogen) atoms. The maximum Gasteiger partial charge on any atom is 0.411 e. The number of aliphatic hydroxyl groups is 3. The Labute approximate surface area is 252 Å². The second-order valence-corrected chi connectivity index (χ2v) is 11.6. The lowest BCUT2D eigenvalue weighted by Crippen LogP contribution is -2.73. The van der Waals surface area contributed by atoms with Gasteiger partial charge in [0.05, 0.1) is 18.3 Å². The van der Waals surface area contributed by atoms with Crippen molar-refractivity contribution >= 4 is 35.0 Å². The number of methoxy groups -OCH3 is 1. The van der Waals surface area contributed by atoms with E-state index in [1.54, 1.807) is 49.3 Å². The monoisotopic (exact) mass is 609 g/mol. The number of ether oxygens (including phenoxy) is 2. The van der Waals surface area contributed by atoms with E-state index >= 15 is 0 Å². The van der Waals surface area contributed by atoms with E-state index in [1.807, 2.05) is 0 Å². The Morgan fingerprint density at radius 1 is 1.09 bits per heavy atom. The number of ketones is 2. The van der Waals surface area contributed by atoms with Crippen molar-refractivity contribution < 1.29 is 49.1 Å². The summed E-state index contributed by atoms with van der Waals surface area (Å²) in [5, 5.41) is 47.7. The van der Waals surface area contributed by atoms with E-state index in [0.29, 0.717) is 22.4 Å². The Balaban J connectivity index is 1.54. The molecule has 7 N–H and O–H groups in total. The highest BCUT2D eigenvalue weighted by Gasteiger charge is 2.67. The van der Waals surface area contributed by atoms with Crippen LogP contribution in [-0.4, -0.2) is 101 Å². The number of carbonyl (C=O) groups excluding carboxylic acids is 4. The van der Waals surface area contributed by atoms with E-state index < -0.39 is 64.8 Å². The molecule has 3 aliphatic rings. The Morgan fingerprint density at radius 3 is 2.39 bits per heavy atom. The van der Waals surface area contributed by atoms with Crippen molar-refractivity contribution in [1.29, 1.82) is 0 Å². The van der Waals surface area contributed by atoms with Crippen LogP contribution in [0.25, 0.3) is 16.9 Å². The second-order valence-electron chi connectivity index (χ2n) is 11.6. The van der Waals surface area contributed by atoms with Crippen LogP contribution in [0, 0.1) is 17.8 Å². The molecule has 2 amide bonds. The lowest BCUT2D eigenvalue weighted by Gasteiger charge is -2.53. The van der Waals surface area contributed by atoms with Gasteiger partial charge in [-0.05, 0) is 67.7 Å². The first-order chi connectivity index (χ1) is 20.8. The lowest BCUT2D eigenvalue weighted by atomic mass is 9.54. The Kier molecular flexibility index (Phi) is 8.25. The molecular weight excluding hydrogens is 574 g/mol. The number of aromatic hydroxyl groups is 1. The van der Waals surface area contributed by atoms with Crippen LogP contribution in [0.15, 0.2) is 42.0 Å². The summed E-state index contributed by atoms with van der Waals surface area (Å²) in [6.07, 6.45) is -2.04. The molecule has 0 heterocycles. The average Bonchev–Trinajstić information content (AvgIpc) is 2.95. The van der Waals surface area contributed by atoms with Crippen LogP contribution in [0.1, 0.15) is 17.5 Å². The van der Waals surface area contributed by atoms with E-state index in [-0.39, 0.29) is 42.9 Å². The van der Waals surface area contributed by atoms with E-state index in [1.165, 1.54) is 13.2 Å². The third-order valence-electron chi connectivity index (χ3n) is 8.93. The van der Waals surface area contributed by atoms with Gasteiger partial charge in [-0.3, -0.25) is 19.7 Å². The molecule has 2 unspecified atom stereocenters. The van der Waals surface area contributed by atoms with Crippen LogP contribution in [0.4, 0.5) is 10.5 Å². The number of phenols is 1. The summed E-state index contributed by atoms with van der Waals surface area (Å²) < 4.78 is 9.87. The van der Waals surface area contributed by atoms with Crippen molar-refractivity contribution in [3.05, 3.63) is 53.1 Å². The van der Waals surface area contributed by atoms with E-state index in [9.17, 15) is 39.6 Å². The Bertz CT molecular complexity index is 1550. The fourth-order valence-corrected chi connectivity index (χ4v) is 6.98. The van der Waals surface area contributed by atoms with E-state index in [0.717, 1.165) is 0 Å². The van der Waals surface area contributed by atoms with Crippen LogP contribution in [0.3, 0.4) is 0 Å². The summed E-state index contributed by atoms with van der Waals surface area (Å²) in [6, 6.07) is 8.85. The highest BCUT2D eigenvalue weighted by molar-refractivity contribution is 6.25. The van der Waals surface area contributed by atoms with Crippen LogP contribution < -0.4 is 11.1 Å². The number of likely N-dealkylation sites (N-methyl/N-ethyl adjacent to an activating group) is 1. The number of amides is 2. The molecule has 6 atom stereocenters. The van der Waals surface area contributed by atoms with Crippen molar-refractivity contribution in [3.8, 4) is 16.9 Å². The highest BCUT2D eigenvalue weighted by Crippen LogP contribution is 2.53. The fraction of sp³-hybridized carbons (Fsp3) is 0.419. The number of rotatable bonds is 7. The van der Waals surface area contributed by atoms with E-state index in [2.05, 4.69) is 5.32 Å². The van der Waals surface area contributed by atoms with Crippen LogP contribution in [-0.2, 0) is 30.3 Å². The van der Waals surface area contributed by atoms with Gasteiger partial charge in [-0.15, -0.1) is 0 Å². The molecule has 5 rings (SSSR count). The summed E-state index contributed by atoms with van der Waals surface area (Å²) in [7, 11) is 4.69. The first-order valence-corrected chi connectivity index (χ1v) is 14.1. The maximum absolute atomic E-state index is 14.0. The van der Waals surface area contributed by atoms with Gasteiger partial charge in [-0.25, -0.2) is 4.79 Å². The van der Waals surface area contributed by atoms with Gasteiger partial charge in [0.15, 0.2) is 11.4 Å². The van der Waals surface area contributed by atoms with Gasteiger partial charge < -0.3 is 40.5 Å². The summed E-state index contributed by atoms with van der Waals surface area (Å²) >= 11 is 0. The number of benzene rings is 2. The number of hydrogen-bond acceptors (Lipinski definition) is 11. The molecule has 3 aliphatic carbocycles. The average molecular weight is 610 g/mol. The van der Waals surface area contributed by atoms with Crippen molar-refractivity contribution in [2.24, 2.45) is 23.5 Å². The molecule has 13 nitrogen and oxygen atoms in total. The molecule has 234 valence electrons. The minimum atomic E-state index is -2.72. The third kappa shape index (κ3) is 4.91. The number of phenolic OH excluding ortho intramolecular Hbond substituents is 1. The second kappa shape index (κ2) is 11.7. The minimum Gasteiger partial charge on any atom is -0.507 e. The molecule has 0 spiro atoms. The number of nitrogens with one attached hydrogen (secondary N) is 1. The van der Waals surface area contributed by atoms with Gasteiger partial charge in [0.1, 0.15) is 24.0 Å². The topological polar surface area (TPSA) is 209 Å². The van der Waals surface area contributed by atoms with Gasteiger partial charge in [0.2, 0.25) is 11.7 Å². The van der Waals surface area contributed by atoms with Crippen molar-refractivity contribution in [2.45, 2.75) is 30.6 Å². The van der Waals surface area contributed by atoms with Crippen LogP contribution >= 0.6 is 0 Å². The predicted octanol–water partition coefficient (Wildman–Crippen LogP) is 0.991. The SMILES string of the molecule is COCCOC(=O)Nc1ccc(-c2ccc(O)c3c2C[C@H]2C[C@H]4[C@H](N(C)C)C(O)C(C(N)=O)C(=O)[C@@]4(O)C(=O)C2=C3O)cc1. The first-order valence-electron chi connectivity index (χ1n) is 14.1. The number of nitrogens with zero attached hydrogens (tertiary/aromatic N) is 1. The summed E-state index contributed by atoms with van der Waals surface area (Å²) in [6.45, 7) is 0.351. The summed E-state index contributed by atoms with van der Waals surface area (Å²) in [4.78, 5) is 53.2. The van der Waals surface area contributed by atoms with Crippen LogP contribution in [0.5, 0.6) is 5.75 Å². The zero-order chi connectivity index (χ0) is 32.1. The molecule has 0 aliphatic heterocycles. The molecule has 0 bridgehead atoms. The predicted molar refractivity (Wildman–Crippen MR) is 156 cm³/mol. The van der Waals surface area contributed by atoms with Gasteiger partial charge in [-0.1, -0.05) is 18.2 Å². The van der Waals surface area contributed by atoms with Crippen molar-refractivity contribution in [1.82, 2.24) is 4.90 Å². The van der Waals surface area contributed by atoms with Crippen molar-refractivity contribution in [2.75, 3.05) is 39.7 Å². The maximum atomic E-state index is 14.0. The minimum absolute atomic E-state index is 0.00743. The molecule has 0 saturated heterocycles. The van der Waals surface area contributed by atoms with Gasteiger partial charge in [0.25, 0.3) is 0 Å². The largest absolute Gasteiger partial charge is 0.507 e. The molecular formula is C31H35N3O10. The quantitative estimate of drug-likeness (QED) is 0.193. The highest BCUT2D eigenvalue weighted by atomic mass is 16.6. The third-order valence-corrected chi connectivity index (χ3v) is 8.93. The Hall–Kier alpha value is -4.30. The number of aliphatic hydroxyl groups excluding tert-OH is 2. The number of carbonyl (C=O) groups is 4. The molecule has 0 radical (unpaired) electrons. The smallest absolute Gasteiger partial charge is 0.411 e. The molecule has 2 saturated carbocycles. The standard InChI is InChI=1S/C31H35N3O10/c1-34(2)24-19-13-15-12-18-17(14-4-6-16(7-5-14)33-30(41)44-11-10-43-3)8-9-20(35)22(18)25(36)21(15)27(38)31(19,42)28(39)23(26(24)37)29(32)40/h4-9,15,19,23-24,26,35-37,42H,10-13H2,1-3H3,(H2,32,40)(H,33,41)/t15-,19-,23?,24-,26?,31-/m0/s1. The number of fused-ring (bicyclic) bond motifs is 3. The number of nitrogens with two attached hydrogens (primary N) is 1. The molecule has 13 heteroatoms. The lowest BCUT2D eigenvalue weighted by molar-refractivity contribution is -0.184. The fourth-order valence-electron chi connectivity index (χ4n) is 6.98. The molecule has 2 aromatic carbocycles. The first kappa shape index (κ1) is 31.1. The van der Waals surface area contributed by atoms with Gasteiger partial charge in [0, 0.05) is 30.3 Å². The van der Waals surface area contributed by atoms with Crippen LogP contribution in [0.2, 0.25) is 0 Å². The molecule has 2 fully saturated rings. The van der Waals surface area contributed by atoms with Gasteiger partial charge in [-0.2, -0.15) is 0 Å².